The predicted molar refractivity (Wildman–Crippen MR) is 77.3 cm³/mol. The van der Waals surface area contributed by atoms with Gasteiger partial charge in [0.25, 0.3) is 0 Å². The molecule has 0 aromatic heterocycles. The number of ether oxygens (including phenoxy) is 2. The molecule has 20 heavy (non-hydrogen) atoms. The van der Waals surface area contributed by atoms with Crippen molar-refractivity contribution < 1.29 is 19.1 Å². The average Bonchev–Trinajstić information content (AvgIpc) is 2.41. The van der Waals surface area contributed by atoms with Crippen LogP contribution in [0.15, 0.2) is 0 Å². The van der Waals surface area contributed by atoms with E-state index in [2.05, 4.69) is 6.92 Å². The zero-order valence-electron chi connectivity index (χ0n) is 12.9. The van der Waals surface area contributed by atoms with Gasteiger partial charge >= 0.3 is 11.9 Å². The predicted octanol–water partition coefficient (Wildman–Crippen LogP) is 3.76. The van der Waals surface area contributed by atoms with Gasteiger partial charge in [-0.1, -0.05) is 39.0 Å². The molecule has 0 N–H and O–H groups in total. The van der Waals surface area contributed by atoms with E-state index >= 15 is 0 Å². The minimum Gasteiger partial charge on any atom is -0.459 e. The van der Waals surface area contributed by atoms with Crippen LogP contribution in [0.1, 0.15) is 78.1 Å². The molecule has 0 spiro atoms. The molecule has 1 rings (SSSR count). The Kier molecular flexibility index (Phi) is 8.31. The summed E-state index contributed by atoms with van der Waals surface area (Å²) in [6, 6.07) is 0. The monoisotopic (exact) mass is 284 g/mol. The summed E-state index contributed by atoms with van der Waals surface area (Å²) in [5, 5.41) is 0. The number of hydrogen-bond donors (Lipinski definition) is 0. The zero-order chi connectivity index (χ0) is 14.8. The lowest BCUT2D eigenvalue weighted by Gasteiger charge is -2.29. The summed E-state index contributed by atoms with van der Waals surface area (Å²) in [5.74, 6) is -0.455. The van der Waals surface area contributed by atoms with Crippen LogP contribution in [0.5, 0.6) is 0 Å². The van der Waals surface area contributed by atoms with E-state index in [9.17, 15) is 9.59 Å². The third-order valence-corrected chi connectivity index (χ3v) is 3.73. The Hall–Kier alpha value is -1.06. The van der Waals surface area contributed by atoms with Gasteiger partial charge in [0.15, 0.2) is 0 Å². The van der Waals surface area contributed by atoms with Crippen LogP contribution in [0.25, 0.3) is 0 Å². The summed E-state index contributed by atoms with van der Waals surface area (Å²) in [6.07, 6.45) is 9.62. The fraction of sp³-hybridized carbons (Fsp3) is 0.875. The second-order valence-corrected chi connectivity index (χ2v) is 5.62. The second kappa shape index (κ2) is 9.78. The lowest BCUT2D eigenvalue weighted by Crippen LogP contribution is -2.37. The fourth-order valence-electron chi connectivity index (χ4n) is 2.66. The Bertz CT molecular complexity index is 301. The highest BCUT2D eigenvalue weighted by atomic mass is 16.6. The summed E-state index contributed by atoms with van der Waals surface area (Å²) in [4.78, 5) is 22.5. The van der Waals surface area contributed by atoms with Crippen LogP contribution >= 0.6 is 0 Å². The lowest BCUT2D eigenvalue weighted by molar-refractivity contribution is -0.172. The van der Waals surface area contributed by atoms with E-state index in [0.717, 1.165) is 32.1 Å². The molecule has 1 heterocycles. The van der Waals surface area contributed by atoms with Crippen molar-refractivity contribution in [3.05, 3.63) is 0 Å². The maximum atomic E-state index is 11.3. The van der Waals surface area contributed by atoms with Gasteiger partial charge in [0.1, 0.15) is 12.2 Å². The highest BCUT2D eigenvalue weighted by Gasteiger charge is 2.30. The molecule has 2 atom stereocenters. The van der Waals surface area contributed by atoms with Crippen molar-refractivity contribution in [1.82, 2.24) is 0 Å². The zero-order valence-corrected chi connectivity index (χ0v) is 12.9. The molecule has 4 heteroatoms. The molecule has 0 saturated carbocycles. The molecule has 0 aliphatic carbocycles. The summed E-state index contributed by atoms with van der Waals surface area (Å²) < 4.78 is 10.7. The summed E-state index contributed by atoms with van der Waals surface area (Å²) in [6.45, 7) is 3.62. The van der Waals surface area contributed by atoms with Crippen molar-refractivity contribution in [1.29, 1.82) is 0 Å². The molecular formula is C16H28O4. The Morgan fingerprint density at radius 2 is 2.00 bits per heavy atom. The lowest BCUT2D eigenvalue weighted by atomic mass is 9.98. The van der Waals surface area contributed by atoms with E-state index in [1.807, 2.05) is 0 Å². The molecule has 1 aliphatic heterocycles. The van der Waals surface area contributed by atoms with Crippen molar-refractivity contribution in [3.63, 3.8) is 0 Å². The maximum absolute atomic E-state index is 11.3. The van der Waals surface area contributed by atoms with Crippen molar-refractivity contribution in [2.45, 2.75) is 90.3 Å². The van der Waals surface area contributed by atoms with Crippen LogP contribution in [-0.2, 0) is 19.1 Å². The smallest absolute Gasteiger partial charge is 0.306 e. The van der Waals surface area contributed by atoms with Crippen LogP contribution < -0.4 is 0 Å². The van der Waals surface area contributed by atoms with Gasteiger partial charge in [-0.3, -0.25) is 9.59 Å². The third kappa shape index (κ3) is 6.92. The Morgan fingerprint density at radius 3 is 2.65 bits per heavy atom. The molecule has 0 bridgehead atoms. The minimum absolute atomic E-state index is 0.165. The Morgan fingerprint density at radius 1 is 1.30 bits per heavy atom. The highest BCUT2D eigenvalue weighted by Crippen LogP contribution is 2.23. The molecule has 0 radical (unpaired) electrons. The number of carbonyl (C=O) groups is 2. The number of rotatable bonds is 9. The first-order valence-electron chi connectivity index (χ1n) is 8.00. The standard InChI is InChI=1S/C16H28O4/c1-3-4-5-6-7-8-10-14(19-13(2)17)15-11-9-12-16(18)20-15/h14-15H,3-12H2,1-2H3. The topological polar surface area (TPSA) is 52.6 Å². The van der Waals surface area contributed by atoms with E-state index in [0.29, 0.717) is 6.42 Å². The molecule has 1 saturated heterocycles. The number of esters is 2. The van der Waals surface area contributed by atoms with E-state index < -0.39 is 0 Å². The van der Waals surface area contributed by atoms with Gasteiger partial charge in [0.2, 0.25) is 0 Å². The SMILES string of the molecule is CCCCCCCCC(OC(C)=O)C1CCCC(=O)O1. The molecule has 1 aliphatic rings. The van der Waals surface area contributed by atoms with Crippen molar-refractivity contribution in [2.24, 2.45) is 0 Å². The fourth-order valence-corrected chi connectivity index (χ4v) is 2.66. The minimum atomic E-state index is -0.289. The van der Waals surface area contributed by atoms with E-state index in [1.165, 1.54) is 32.6 Å². The van der Waals surface area contributed by atoms with Gasteiger partial charge < -0.3 is 9.47 Å². The molecule has 116 valence electrons. The summed E-state index contributed by atoms with van der Waals surface area (Å²) in [7, 11) is 0. The summed E-state index contributed by atoms with van der Waals surface area (Å²) >= 11 is 0. The normalized spacial score (nSPS) is 20.3. The van der Waals surface area contributed by atoms with E-state index in [4.69, 9.17) is 9.47 Å². The van der Waals surface area contributed by atoms with Gasteiger partial charge in [-0.15, -0.1) is 0 Å². The largest absolute Gasteiger partial charge is 0.459 e. The third-order valence-electron chi connectivity index (χ3n) is 3.73. The van der Waals surface area contributed by atoms with Gasteiger partial charge in [0.05, 0.1) is 0 Å². The molecule has 4 nitrogen and oxygen atoms in total. The molecule has 0 aromatic carbocycles. The number of unbranched alkanes of at least 4 members (excludes halogenated alkanes) is 5. The van der Waals surface area contributed by atoms with Crippen LogP contribution in [0.2, 0.25) is 0 Å². The highest BCUT2D eigenvalue weighted by molar-refractivity contribution is 5.70. The van der Waals surface area contributed by atoms with Crippen LogP contribution in [0, 0.1) is 0 Å². The first-order chi connectivity index (χ1) is 9.63. The quantitative estimate of drug-likeness (QED) is 0.478. The number of cyclic esters (lactones) is 1. The average molecular weight is 284 g/mol. The van der Waals surface area contributed by atoms with Gasteiger partial charge in [-0.2, -0.15) is 0 Å². The van der Waals surface area contributed by atoms with E-state index in [-0.39, 0.29) is 24.1 Å². The molecule has 1 fully saturated rings. The van der Waals surface area contributed by atoms with E-state index in [1.54, 1.807) is 0 Å². The molecule has 2 unspecified atom stereocenters. The van der Waals surface area contributed by atoms with Gasteiger partial charge in [0, 0.05) is 13.3 Å². The first kappa shape index (κ1) is 17.0. The van der Waals surface area contributed by atoms with Crippen molar-refractivity contribution in [3.8, 4) is 0 Å². The van der Waals surface area contributed by atoms with Gasteiger partial charge in [-0.05, 0) is 25.7 Å². The molecule has 0 aromatic rings. The van der Waals surface area contributed by atoms with Crippen molar-refractivity contribution >= 4 is 11.9 Å². The van der Waals surface area contributed by atoms with Gasteiger partial charge in [-0.25, -0.2) is 0 Å². The first-order valence-corrected chi connectivity index (χ1v) is 8.00. The Balaban J connectivity index is 2.31. The Labute approximate surface area is 122 Å². The number of carbonyl (C=O) groups excluding carboxylic acids is 2. The number of hydrogen-bond acceptors (Lipinski definition) is 4. The summed E-state index contributed by atoms with van der Waals surface area (Å²) in [5.41, 5.74) is 0. The van der Waals surface area contributed by atoms with Crippen LogP contribution in [0.3, 0.4) is 0 Å². The van der Waals surface area contributed by atoms with Crippen LogP contribution in [0.4, 0.5) is 0 Å². The molecule has 0 amide bonds. The van der Waals surface area contributed by atoms with Crippen LogP contribution in [-0.4, -0.2) is 24.1 Å². The second-order valence-electron chi connectivity index (χ2n) is 5.62. The maximum Gasteiger partial charge on any atom is 0.306 e. The van der Waals surface area contributed by atoms with Crippen molar-refractivity contribution in [2.75, 3.05) is 0 Å². The molecular weight excluding hydrogens is 256 g/mol.